The van der Waals surface area contributed by atoms with Gasteiger partial charge in [0.1, 0.15) is 0 Å². The topological polar surface area (TPSA) is 52.6 Å². The van der Waals surface area contributed by atoms with Gasteiger partial charge in [-0.05, 0) is 19.3 Å². The summed E-state index contributed by atoms with van der Waals surface area (Å²) in [7, 11) is 0. The van der Waals surface area contributed by atoms with Gasteiger partial charge in [-0.2, -0.15) is 13.2 Å². The number of nitrogens with one attached hydrogen (secondary N) is 1. The van der Waals surface area contributed by atoms with Crippen molar-refractivity contribution in [1.29, 1.82) is 0 Å². The molecule has 2 aliphatic heterocycles. The van der Waals surface area contributed by atoms with E-state index in [2.05, 4.69) is 5.32 Å². The molecule has 0 radical (unpaired) electrons. The van der Waals surface area contributed by atoms with E-state index in [9.17, 15) is 23.1 Å². The van der Waals surface area contributed by atoms with E-state index >= 15 is 0 Å². The molecule has 0 saturated carbocycles. The Morgan fingerprint density at radius 2 is 2.11 bits per heavy atom. The zero-order valence-electron chi connectivity index (χ0n) is 9.91. The summed E-state index contributed by atoms with van der Waals surface area (Å²) in [6.45, 7) is 0.448. The summed E-state index contributed by atoms with van der Waals surface area (Å²) in [5.41, 5.74) is 0. The van der Waals surface area contributed by atoms with Gasteiger partial charge in [0.15, 0.2) is 0 Å². The first-order chi connectivity index (χ1) is 8.38. The van der Waals surface area contributed by atoms with E-state index in [0.717, 1.165) is 0 Å². The summed E-state index contributed by atoms with van der Waals surface area (Å²) in [4.78, 5) is 13.3. The number of carbonyl (C=O) groups is 1. The van der Waals surface area contributed by atoms with Crippen LogP contribution in [0.3, 0.4) is 0 Å². The van der Waals surface area contributed by atoms with Gasteiger partial charge in [-0.15, -0.1) is 0 Å². The Morgan fingerprint density at radius 1 is 1.39 bits per heavy atom. The summed E-state index contributed by atoms with van der Waals surface area (Å²) >= 11 is 0. The number of amides is 1. The second-order valence-electron chi connectivity index (χ2n) is 5.02. The predicted molar refractivity (Wildman–Crippen MR) is 57.8 cm³/mol. The first-order valence-corrected chi connectivity index (χ1v) is 6.15. The number of halogens is 3. The number of β-amino-alcohol motifs (C(OH)–C–C–N with tert-alkyl or cyclic N) is 1. The molecule has 2 rings (SSSR count). The van der Waals surface area contributed by atoms with Crippen molar-refractivity contribution in [3.63, 3.8) is 0 Å². The average molecular weight is 266 g/mol. The third kappa shape index (κ3) is 2.95. The minimum atomic E-state index is -4.23. The van der Waals surface area contributed by atoms with Crippen molar-refractivity contribution in [3.05, 3.63) is 0 Å². The summed E-state index contributed by atoms with van der Waals surface area (Å²) in [6.07, 6.45) is -4.06. The quantitative estimate of drug-likeness (QED) is 0.727. The Morgan fingerprint density at radius 3 is 2.67 bits per heavy atom. The fourth-order valence-corrected chi connectivity index (χ4v) is 2.57. The number of alkyl halides is 3. The van der Waals surface area contributed by atoms with Crippen molar-refractivity contribution < 1.29 is 23.1 Å². The Balaban J connectivity index is 1.94. The highest BCUT2D eigenvalue weighted by atomic mass is 19.4. The largest absolute Gasteiger partial charge is 0.393 e. The van der Waals surface area contributed by atoms with E-state index in [1.807, 2.05) is 0 Å². The van der Waals surface area contributed by atoms with Gasteiger partial charge >= 0.3 is 6.18 Å². The number of aliphatic hydroxyl groups excluding tert-OH is 1. The van der Waals surface area contributed by atoms with Crippen LogP contribution in [0.5, 0.6) is 0 Å². The molecule has 0 aromatic rings. The maximum Gasteiger partial charge on any atom is 0.393 e. The Bertz CT molecular complexity index is 322. The number of likely N-dealkylation sites (tertiary alicyclic amines) is 1. The summed E-state index contributed by atoms with van der Waals surface area (Å²) in [6, 6.07) is -0.535. The molecule has 0 unspecified atom stereocenters. The highest BCUT2D eigenvalue weighted by Crippen LogP contribution is 2.33. The lowest BCUT2D eigenvalue weighted by Gasteiger charge is -2.35. The molecular weight excluding hydrogens is 249 g/mol. The van der Waals surface area contributed by atoms with E-state index in [1.165, 1.54) is 4.90 Å². The second kappa shape index (κ2) is 5.05. The number of aliphatic hydroxyl groups is 1. The monoisotopic (exact) mass is 266 g/mol. The molecule has 2 fully saturated rings. The predicted octanol–water partition coefficient (Wildman–Crippen LogP) is 0.510. The van der Waals surface area contributed by atoms with Crippen molar-refractivity contribution >= 4 is 5.91 Å². The summed E-state index contributed by atoms with van der Waals surface area (Å²) in [5.74, 6) is -1.73. The molecule has 0 aromatic carbocycles. The number of hydrogen-bond acceptors (Lipinski definition) is 3. The molecule has 2 saturated heterocycles. The normalized spacial score (nSPS) is 33.8. The molecule has 1 amide bonds. The van der Waals surface area contributed by atoms with Crippen LogP contribution in [0.15, 0.2) is 0 Å². The first-order valence-electron chi connectivity index (χ1n) is 6.15. The maximum absolute atomic E-state index is 12.6. The molecule has 2 aliphatic rings. The third-order valence-electron chi connectivity index (χ3n) is 3.60. The third-order valence-corrected chi connectivity index (χ3v) is 3.60. The van der Waals surface area contributed by atoms with Gasteiger partial charge in [0.25, 0.3) is 0 Å². The van der Waals surface area contributed by atoms with Gasteiger partial charge in [0.05, 0.1) is 18.1 Å². The number of nitrogens with zero attached hydrogens (tertiary/aromatic N) is 1. The van der Waals surface area contributed by atoms with E-state index in [0.29, 0.717) is 19.5 Å². The number of carbonyl (C=O) groups excluding carboxylic acids is 1. The van der Waals surface area contributed by atoms with Crippen molar-refractivity contribution in [1.82, 2.24) is 10.2 Å². The highest BCUT2D eigenvalue weighted by Gasteiger charge is 2.43. The SMILES string of the molecule is O=C([C@@H]1C[C@@H](O)CN1)N1CCC[C@H](C(F)(F)F)C1. The van der Waals surface area contributed by atoms with Crippen LogP contribution in [0, 0.1) is 5.92 Å². The van der Waals surface area contributed by atoms with E-state index < -0.39 is 24.2 Å². The molecule has 2 N–H and O–H groups in total. The zero-order chi connectivity index (χ0) is 13.3. The fraction of sp³-hybridized carbons (Fsp3) is 0.909. The zero-order valence-corrected chi connectivity index (χ0v) is 9.91. The number of rotatable bonds is 1. The lowest BCUT2D eigenvalue weighted by molar-refractivity contribution is -0.188. The van der Waals surface area contributed by atoms with Crippen molar-refractivity contribution in [3.8, 4) is 0 Å². The fourth-order valence-electron chi connectivity index (χ4n) is 2.57. The van der Waals surface area contributed by atoms with E-state index in [1.54, 1.807) is 0 Å². The number of hydrogen-bond donors (Lipinski definition) is 2. The lowest BCUT2D eigenvalue weighted by Crippen LogP contribution is -2.50. The van der Waals surface area contributed by atoms with Gasteiger partial charge in [-0.3, -0.25) is 4.79 Å². The minimum Gasteiger partial charge on any atom is -0.392 e. The highest BCUT2D eigenvalue weighted by molar-refractivity contribution is 5.82. The van der Waals surface area contributed by atoms with Gasteiger partial charge in [-0.25, -0.2) is 0 Å². The molecule has 0 spiro atoms. The minimum absolute atomic E-state index is 0.0913. The van der Waals surface area contributed by atoms with Crippen LogP contribution in [0.1, 0.15) is 19.3 Å². The second-order valence-corrected chi connectivity index (χ2v) is 5.02. The van der Waals surface area contributed by atoms with Crippen molar-refractivity contribution in [2.45, 2.75) is 37.6 Å². The van der Waals surface area contributed by atoms with E-state index in [4.69, 9.17) is 0 Å². The maximum atomic E-state index is 12.6. The van der Waals surface area contributed by atoms with Gasteiger partial charge in [0, 0.05) is 19.6 Å². The lowest BCUT2D eigenvalue weighted by atomic mass is 9.97. The average Bonchev–Trinajstić information content (AvgIpc) is 2.74. The molecule has 7 heteroatoms. The van der Waals surface area contributed by atoms with Gasteiger partial charge in [-0.1, -0.05) is 0 Å². The van der Waals surface area contributed by atoms with Gasteiger partial charge in [0.2, 0.25) is 5.91 Å². The number of piperidine rings is 1. The van der Waals surface area contributed by atoms with Crippen molar-refractivity contribution in [2.75, 3.05) is 19.6 Å². The van der Waals surface area contributed by atoms with Crippen LogP contribution < -0.4 is 5.32 Å². The molecule has 4 nitrogen and oxygen atoms in total. The van der Waals surface area contributed by atoms with Crippen LogP contribution in [0.4, 0.5) is 13.2 Å². The molecular formula is C11H17F3N2O2. The Hall–Kier alpha value is -0.820. The molecule has 104 valence electrons. The Kier molecular flexibility index (Phi) is 3.82. The summed E-state index contributed by atoms with van der Waals surface area (Å²) in [5, 5.41) is 12.1. The smallest absolute Gasteiger partial charge is 0.392 e. The van der Waals surface area contributed by atoms with E-state index in [-0.39, 0.29) is 25.3 Å². The van der Waals surface area contributed by atoms with Crippen LogP contribution in [-0.2, 0) is 4.79 Å². The Labute approximate surface area is 103 Å². The molecule has 18 heavy (non-hydrogen) atoms. The molecule has 0 bridgehead atoms. The molecule has 0 aromatic heterocycles. The summed E-state index contributed by atoms with van der Waals surface area (Å²) < 4.78 is 37.9. The molecule has 3 atom stereocenters. The molecule has 0 aliphatic carbocycles. The van der Waals surface area contributed by atoms with Crippen LogP contribution in [-0.4, -0.2) is 53.9 Å². The molecule has 2 heterocycles. The standard InChI is InChI=1S/C11H17F3N2O2/c12-11(13,14)7-2-1-3-16(6-7)10(18)9-4-8(17)5-15-9/h7-9,15,17H,1-6H2/t7-,8+,9-/m0/s1. The van der Waals surface area contributed by atoms with Gasteiger partial charge < -0.3 is 15.3 Å². The van der Waals surface area contributed by atoms with Crippen molar-refractivity contribution in [2.24, 2.45) is 5.92 Å². The van der Waals surface area contributed by atoms with Crippen LogP contribution in [0.2, 0.25) is 0 Å². The van der Waals surface area contributed by atoms with Crippen LogP contribution in [0.25, 0.3) is 0 Å². The first kappa shape index (κ1) is 13.6. The van der Waals surface area contributed by atoms with Crippen LogP contribution >= 0.6 is 0 Å².